The molecule has 0 fully saturated rings. The molecule has 0 amide bonds. The first kappa shape index (κ1) is 15.6. The molecule has 0 radical (unpaired) electrons. The highest BCUT2D eigenvalue weighted by Crippen LogP contribution is 2.28. The molecule has 0 bridgehead atoms. The molecule has 118 valence electrons. The lowest BCUT2D eigenvalue weighted by molar-refractivity contribution is 0.475. The van der Waals surface area contributed by atoms with Gasteiger partial charge in [-0.25, -0.2) is 0 Å². The Labute approximate surface area is 137 Å². The number of aromatic nitrogens is 2. The molecule has 4 heteroatoms. The van der Waals surface area contributed by atoms with Gasteiger partial charge in [-0.2, -0.15) is 5.10 Å². The Balaban J connectivity index is 2.00. The van der Waals surface area contributed by atoms with Crippen LogP contribution in [0.1, 0.15) is 31.5 Å². The summed E-state index contributed by atoms with van der Waals surface area (Å²) >= 11 is 6.02. The van der Waals surface area contributed by atoms with Gasteiger partial charge in [-0.1, -0.05) is 37.6 Å². The van der Waals surface area contributed by atoms with E-state index >= 15 is 0 Å². The van der Waals surface area contributed by atoms with Gasteiger partial charge in [0.1, 0.15) is 0 Å². The minimum Gasteiger partial charge on any atom is -0.316 e. The van der Waals surface area contributed by atoms with Crippen LogP contribution in [0.25, 0.3) is 11.3 Å². The first-order valence-electron chi connectivity index (χ1n) is 8.20. The minimum atomic E-state index is 0.697. The summed E-state index contributed by atoms with van der Waals surface area (Å²) in [7, 11) is 0. The van der Waals surface area contributed by atoms with Crippen LogP contribution in [-0.2, 0) is 19.4 Å². The van der Waals surface area contributed by atoms with E-state index in [1.807, 2.05) is 12.1 Å². The Kier molecular flexibility index (Phi) is 4.84. The Hall–Kier alpha value is -1.32. The topological polar surface area (TPSA) is 29.9 Å². The molecular weight excluding hydrogens is 294 g/mol. The Bertz CT molecular complexity index is 629. The molecule has 1 aliphatic heterocycles. The van der Waals surface area contributed by atoms with Crippen LogP contribution in [0.2, 0.25) is 5.02 Å². The Morgan fingerprint density at radius 2 is 1.91 bits per heavy atom. The van der Waals surface area contributed by atoms with E-state index in [4.69, 9.17) is 16.7 Å². The van der Waals surface area contributed by atoms with Crippen molar-refractivity contribution < 1.29 is 0 Å². The number of nitrogens with zero attached hydrogens (tertiary/aromatic N) is 2. The maximum atomic E-state index is 6.02. The van der Waals surface area contributed by atoms with Gasteiger partial charge in [0, 0.05) is 41.4 Å². The quantitative estimate of drug-likeness (QED) is 0.925. The van der Waals surface area contributed by atoms with E-state index in [2.05, 4.69) is 36.0 Å². The number of benzene rings is 1. The normalized spacial score (nSPS) is 14.9. The lowest BCUT2D eigenvalue weighted by atomic mass is 10.0. The SMILES string of the molecule is CC(C)CCn1nc(-c2ccc(Cl)cc2)c2c1CCNCC2. The van der Waals surface area contributed by atoms with Crippen LogP contribution in [0.3, 0.4) is 0 Å². The fraction of sp³-hybridized carbons (Fsp3) is 0.500. The third-order valence-electron chi connectivity index (χ3n) is 4.29. The molecule has 1 aromatic carbocycles. The highest BCUT2D eigenvalue weighted by Gasteiger charge is 2.20. The van der Waals surface area contributed by atoms with Crippen molar-refractivity contribution in [3.05, 3.63) is 40.5 Å². The highest BCUT2D eigenvalue weighted by molar-refractivity contribution is 6.30. The first-order chi connectivity index (χ1) is 10.6. The predicted octanol–water partition coefficient (Wildman–Crippen LogP) is 3.94. The molecule has 2 aromatic rings. The second-order valence-corrected chi connectivity index (χ2v) is 6.87. The van der Waals surface area contributed by atoms with Gasteiger partial charge in [0.2, 0.25) is 0 Å². The predicted molar refractivity (Wildman–Crippen MR) is 92.4 cm³/mol. The minimum absolute atomic E-state index is 0.697. The number of fused-ring (bicyclic) bond motifs is 1. The summed E-state index contributed by atoms with van der Waals surface area (Å²) in [6, 6.07) is 8.06. The summed E-state index contributed by atoms with van der Waals surface area (Å²) in [5.41, 5.74) is 5.14. The van der Waals surface area contributed by atoms with Crippen molar-refractivity contribution in [2.45, 2.75) is 39.7 Å². The number of hydrogen-bond acceptors (Lipinski definition) is 2. The van der Waals surface area contributed by atoms with Gasteiger partial charge >= 0.3 is 0 Å². The number of aryl methyl sites for hydroxylation is 1. The van der Waals surface area contributed by atoms with Crippen LogP contribution in [0.4, 0.5) is 0 Å². The average molecular weight is 318 g/mol. The number of nitrogens with one attached hydrogen (secondary N) is 1. The zero-order valence-electron chi connectivity index (χ0n) is 13.4. The van der Waals surface area contributed by atoms with Crippen molar-refractivity contribution in [2.75, 3.05) is 13.1 Å². The Morgan fingerprint density at radius 1 is 1.18 bits per heavy atom. The lowest BCUT2D eigenvalue weighted by Crippen LogP contribution is -2.17. The smallest absolute Gasteiger partial charge is 0.0958 e. The third kappa shape index (κ3) is 3.36. The van der Waals surface area contributed by atoms with Gasteiger partial charge in [-0.3, -0.25) is 4.68 Å². The lowest BCUT2D eigenvalue weighted by Gasteiger charge is -2.09. The van der Waals surface area contributed by atoms with E-state index in [-0.39, 0.29) is 0 Å². The molecule has 0 saturated carbocycles. The summed E-state index contributed by atoms with van der Waals surface area (Å²) in [6.07, 6.45) is 3.28. The molecule has 0 spiro atoms. The molecule has 1 aliphatic rings. The molecule has 0 aliphatic carbocycles. The van der Waals surface area contributed by atoms with Crippen LogP contribution in [0.5, 0.6) is 0 Å². The fourth-order valence-corrected chi connectivity index (χ4v) is 3.15. The molecular formula is C18H24ClN3. The van der Waals surface area contributed by atoms with Gasteiger partial charge < -0.3 is 5.32 Å². The van der Waals surface area contributed by atoms with Crippen molar-refractivity contribution in [3.8, 4) is 11.3 Å². The molecule has 1 N–H and O–H groups in total. The van der Waals surface area contributed by atoms with Gasteiger partial charge in [0.15, 0.2) is 0 Å². The van der Waals surface area contributed by atoms with Gasteiger partial charge in [-0.15, -0.1) is 0 Å². The third-order valence-corrected chi connectivity index (χ3v) is 4.54. The second kappa shape index (κ2) is 6.84. The van der Waals surface area contributed by atoms with E-state index in [0.29, 0.717) is 5.92 Å². The van der Waals surface area contributed by atoms with Gasteiger partial charge in [0.25, 0.3) is 0 Å². The van der Waals surface area contributed by atoms with Crippen molar-refractivity contribution in [1.29, 1.82) is 0 Å². The molecule has 3 rings (SSSR count). The summed E-state index contributed by atoms with van der Waals surface area (Å²) in [6.45, 7) is 7.62. The number of rotatable bonds is 4. The maximum Gasteiger partial charge on any atom is 0.0958 e. The maximum absolute atomic E-state index is 6.02. The zero-order valence-corrected chi connectivity index (χ0v) is 14.2. The van der Waals surface area contributed by atoms with E-state index in [1.54, 1.807) is 0 Å². The molecule has 0 unspecified atom stereocenters. The van der Waals surface area contributed by atoms with E-state index in [1.165, 1.54) is 23.2 Å². The van der Waals surface area contributed by atoms with Crippen LogP contribution in [-0.4, -0.2) is 22.9 Å². The fourth-order valence-electron chi connectivity index (χ4n) is 3.03. The molecule has 2 heterocycles. The van der Waals surface area contributed by atoms with E-state index in [0.717, 1.165) is 43.2 Å². The van der Waals surface area contributed by atoms with Crippen LogP contribution < -0.4 is 5.32 Å². The van der Waals surface area contributed by atoms with E-state index < -0.39 is 0 Å². The van der Waals surface area contributed by atoms with Crippen molar-refractivity contribution in [1.82, 2.24) is 15.1 Å². The number of halogens is 1. The highest BCUT2D eigenvalue weighted by atomic mass is 35.5. The summed E-state index contributed by atoms with van der Waals surface area (Å²) in [4.78, 5) is 0. The molecule has 22 heavy (non-hydrogen) atoms. The van der Waals surface area contributed by atoms with Crippen molar-refractivity contribution >= 4 is 11.6 Å². The molecule has 3 nitrogen and oxygen atoms in total. The van der Waals surface area contributed by atoms with Crippen LogP contribution >= 0.6 is 11.6 Å². The second-order valence-electron chi connectivity index (χ2n) is 6.44. The van der Waals surface area contributed by atoms with Gasteiger partial charge in [-0.05, 0) is 37.4 Å². The average Bonchev–Trinajstić information content (AvgIpc) is 2.68. The summed E-state index contributed by atoms with van der Waals surface area (Å²) < 4.78 is 2.24. The first-order valence-corrected chi connectivity index (χ1v) is 8.58. The van der Waals surface area contributed by atoms with Crippen molar-refractivity contribution in [2.24, 2.45) is 5.92 Å². The standard InChI is InChI=1S/C18H24ClN3/c1-13(2)9-12-22-17-8-11-20-10-7-16(17)18(21-22)14-3-5-15(19)6-4-14/h3-6,13,20H,7-12H2,1-2H3. The van der Waals surface area contributed by atoms with Crippen LogP contribution in [0.15, 0.2) is 24.3 Å². The monoisotopic (exact) mass is 317 g/mol. The summed E-state index contributed by atoms with van der Waals surface area (Å²) in [5, 5.41) is 9.22. The molecule has 0 saturated heterocycles. The van der Waals surface area contributed by atoms with Crippen molar-refractivity contribution in [3.63, 3.8) is 0 Å². The Morgan fingerprint density at radius 3 is 2.64 bits per heavy atom. The van der Waals surface area contributed by atoms with E-state index in [9.17, 15) is 0 Å². The van der Waals surface area contributed by atoms with Gasteiger partial charge in [0.05, 0.1) is 5.69 Å². The zero-order chi connectivity index (χ0) is 15.5. The van der Waals surface area contributed by atoms with Crippen LogP contribution in [0, 0.1) is 5.92 Å². The number of hydrogen-bond donors (Lipinski definition) is 1. The summed E-state index contributed by atoms with van der Waals surface area (Å²) in [5.74, 6) is 0.697. The molecule has 0 atom stereocenters. The molecule has 1 aromatic heterocycles. The largest absolute Gasteiger partial charge is 0.316 e.